The maximum atomic E-state index is 11.0. The van der Waals surface area contributed by atoms with Crippen molar-refractivity contribution in [3.63, 3.8) is 0 Å². The molecule has 1 atom stereocenters. The van der Waals surface area contributed by atoms with Gasteiger partial charge in [0.25, 0.3) is 11.6 Å². The molecule has 0 aromatic carbocycles. The zero-order valence-corrected chi connectivity index (χ0v) is 7.14. The Morgan fingerprint density at radius 2 is 2.43 bits per heavy atom. The molecule has 76 valence electrons. The van der Waals surface area contributed by atoms with Crippen LogP contribution in [0.15, 0.2) is 23.4 Å². The molecule has 0 aromatic rings. The van der Waals surface area contributed by atoms with Crippen LogP contribution in [0.2, 0.25) is 0 Å². The predicted molar refractivity (Wildman–Crippen MR) is 46.1 cm³/mol. The minimum absolute atomic E-state index is 0.0373. The Morgan fingerprint density at radius 1 is 1.79 bits per heavy atom. The fourth-order valence-electron chi connectivity index (χ4n) is 1.09. The fraction of sp³-hybridized carbons (Fsp3) is 0.286. The summed E-state index contributed by atoms with van der Waals surface area (Å²) in [6.45, 7) is 0. The summed E-state index contributed by atoms with van der Waals surface area (Å²) in [6, 6.07) is 0. The number of rotatable bonds is 2. The number of aliphatic hydroxyl groups excluding tert-OH is 1. The Labute approximate surface area is 79.0 Å². The molecule has 0 saturated heterocycles. The first kappa shape index (κ1) is 10.4. The Hall–Kier alpha value is -1.73. The number of nitrogens with two attached hydrogens (primary N) is 1. The second kappa shape index (κ2) is 3.99. The van der Waals surface area contributed by atoms with Gasteiger partial charge in [-0.3, -0.25) is 20.3 Å². The summed E-state index contributed by atoms with van der Waals surface area (Å²) in [6.07, 6.45) is 1.27. The van der Waals surface area contributed by atoms with Crippen LogP contribution in [0.5, 0.6) is 0 Å². The van der Waals surface area contributed by atoms with Gasteiger partial charge in [0.1, 0.15) is 6.10 Å². The number of nitrogens with one attached hydrogen (secondary N) is 1. The van der Waals surface area contributed by atoms with Gasteiger partial charge in [-0.25, -0.2) is 5.84 Å². The molecule has 0 aromatic heterocycles. The first-order valence-electron chi connectivity index (χ1n) is 3.81. The number of amides is 1. The van der Waals surface area contributed by atoms with Crippen LogP contribution in [0, 0.1) is 10.1 Å². The average Bonchev–Trinajstić information content (AvgIpc) is 2.17. The predicted octanol–water partition coefficient (Wildman–Crippen LogP) is -1.17. The summed E-state index contributed by atoms with van der Waals surface area (Å²) in [5, 5.41) is 19.6. The van der Waals surface area contributed by atoms with Crippen molar-refractivity contribution in [3.8, 4) is 0 Å². The third-order valence-electron chi connectivity index (χ3n) is 1.81. The van der Waals surface area contributed by atoms with Gasteiger partial charge in [-0.1, -0.05) is 6.08 Å². The molecule has 0 bridgehead atoms. The zero-order chi connectivity index (χ0) is 10.7. The molecular weight excluding hydrogens is 190 g/mol. The smallest absolute Gasteiger partial charge is 0.275 e. The Balaban J connectivity index is 2.94. The molecule has 0 saturated carbocycles. The van der Waals surface area contributed by atoms with Crippen LogP contribution in [-0.4, -0.2) is 22.0 Å². The summed E-state index contributed by atoms with van der Waals surface area (Å²) in [5.74, 6) is 4.24. The molecule has 4 N–H and O–H groups in total. The van der Waals surface area contributed by atoms with Crippen LogP contribution < -0.4 is 11.3 Å². The van der Waals surface area contributed by atoms with E-state index in [1.807, 2.05) is 5.43 Å². The minimum atomic E-state index is -1.17. The molecule has 0 aliphatic heterocycles. The van der Waals surface area contributed by atoms with E-state index >= 15 is 0 Å². The standard InChI is InChI=1S/C7H9N3O4/c8-9-7(12)4-1-2-6(11)5(3-4)10(13)14/h1,3,6,11H,2,8H2,(H,9,12). The molecule has 0 heterocycles. The second-order valence-electron chi connectivity index (χ2n) is 2.71. The van der Waals surface area contributed by atoms with E-state index in [-0.39, 0.29) is 12.0 Å². The second-order valence-corrected chi connectivity index (χ2v) is 2.71. The van der Waals surface area contributed by atoms with Gasteiger partial charge in [-0.05, 0) is 0 Å². The van der Waals surface area contributed by atoms with Gasteiger partial charge in [0.2, 0.25) is 0 Å². The lowest BCUT2D eigenvalue weighted by molar-refractivity contribution is -0.436. The lowest BCUT2D eigenvalue weighted by atomic mass is 10.0. The first-order chi connectivity index (χ1) is 6.56. The summed E-state index contributed by atoms with van der Waals surface area (Å²) in [5.41, 5.74) is 1.54. The van der Waals surface area contributed by atoms with Gasteiger partial charge in [0.15, 0.2) is 0 Å². The molecule has 1 aliphatic carbocycles. The number of nitrogens with zero attached hydrogens (tertiary/aromatic N) is 1. The van der Waals surface area contributed by atoms with E-state index in [0.717, 1.165) is 6.08 Å². The number of carbonyl (C=O) groups excluding carboxylic acids is 1. The SMILES string of the molecule is NNC(=O)C1=CCC(O)C([N+](=O)[O-])=C1. The normalized spacial score (nSPS) is 20.9. The van der Waals surface area contributed by atoms with Crippen molar-refractivity contribution in [2.24, 2.45) is 5.84 Å². The molecule has 0 fully saturated rings. The third kappa shape index (κ3) is 1.95. The maximum Gasteiger partial charge on any atom is 0.275 e. The molecule has 14 heavy (non-hydrogen) atoms. The molecule has 1 aliphatic rings. The van der Waals surface area contributed by atoms with Crippen LogP contribution in [0.3, 0.4) is 0 Å². The number of nitro groups is 1. The van der Waals surface area contributed by atoms with Gasteiger partial charge in [-0.15, -0.1) is 0 Å². The van der Waals surface area contributed by atoms with Gasteiger partial charge >= 0.3 is 0 Å². The molecule has 1 rings (SSSR count). The van der Waals surface area contributed by atoms with Crippen molar-refractivity contribution in [2.75, 3.05) is 0 Å². The summed E-state index contributed by atoms with van der Waals surface area (Å²) >= 11 is 0. The van der Waals surface area contributed by atoms with Crippen LogP contribution in [0.4, 0.5) is 0 Å². The number of hydrogen-bond donors (Lipinski definition) is 3. The Kier molecular flexibility index (Phi) is 2.95. The van der Waals surface area contributed by atoms with Crippen molar-refractivity contribution < 1.29 is 14.8 Å². The van der Waals surface area contributed by atoms with Crippen LogP contribution in [0.25, 0.3) is 0 Å². The largest absolute Gasteiger partial charge is 0.381 e. The topological polar surface area (TPSA) is 118 Å². The van der Waals surface area contributed by atoms with E-state index < -0.39 is 22.6 Å². The summed E-state index contributed by atoms with van der Waals surface area (Å²) < 4.78 is 0. The zero-order valence-electron chi connectivity index (χ0n) is 7.14. The monoisotopic (exact) mass is 199 g/mol. The van der Waals surface area contributed by atoms with Crippen molar-refractivity contribution in [1.29, 1.82) is 0 Å². The van der Waals surface area contributed by atoms with E-state index in [0.29, 0.717) is 0 Å². The molecule has 0 spiro atoms. The van der Waals surface area contributed by atoms with E-state index in [1.165, 1.54) is 6.08 Å². The number of aliphatic hydroxyl groups is 1. The Bertz CT molecular complexity index is 334. The van der Waals surface area contributed by atoms with Crippen molar-refractivity contribution in [3.05, 3.63) is 33.5 Å². The minimum Gasteiger partial charge on any atom is -0.381 e. The van der Waals surface area contributed by atoms with Crippen molar-refractivity contribution in [2.45, 2.75) is 12.5 Å². The molecular formula is C7H9N3O4. The van der Waals surface area contributed by atoms with Crippen LogP contribution in [-0.2, 0) is 4.79 Å². The highest BCUT2D eigenvalue weighted by Crippen LogP contribution is 2.18. The first-order valence-corrected chi connectivity index (χ1v) is 3.81. The lowest BCUT2D eigenvalue weighted by Crippen LogP contribution is -2.32. The summed E-state index contributed by atoms with van der Waals surface area (Å²) in [4.78, 5) is 20.7. The highest BCUT2D eigenvalue weighted by Gasteiger charge is 2.26. The van der Waals surface area contributed by atoms with Gasteiger partial charge in [0.05, 0.1) is 4.92 Å². The van der Waals surface area contributed by atoms with Crippen LogP contribution in [0.1, 0.15) is 6.42 Å². The van der Waals surface area contributed by atoms with E-state index in [2.05, 4.69) is 0 Å². The molecule has 1 unspecified atom stereocenters. The Morgan fingerprint density at radius 3 is 2.93 bits per heavy atom. The maximum absolute atomic E-state index is 11.0. The molecule has 7 heteroatoms. The van der Waals surface area contributed by atoms with E-state index in [1.54, 1.807) is 0 Å². The average molecular weight is 199 g/mol. The molecule has 0 radical (unpaired) electrons. The van der Waals surface area contributed by atoms with Crippen LogP contribution >= 0.6 is 0 Å². The highest BCUT2D eigenvalue weighted by molar-refractivity contribution is 5.96. The third-order valence-corrected chi connectivity index (χ3v) is 1.81. The molecule has 7 nitrogen and oxygen atoms in total. The summed E-state index contributed by atoms with van der Waals surface area (Å²) in [7, 11) is 0. The lowest BCUT2D eigenvalue weighted by Gasteiger charge is -2.11. The van der Waals surface area contributed by atoms with Gasteiger partial charge < -0.3 is 5.11 Å². The van der Waals surface area contributed by atoms with Crippen molar-refractivity contribution in [1.82, 2.24) is 5.43 Å². The fourth-order valence-corrected chi connectivity index (χ4v) is 1.09. The number of hydrazine groups is 1. The van der Waals surface area contributed by atoms with E-state index in [4.69, 9.17) is 5.84 Å². The number of carbonyl (C=O) groups is 1. The van der Waals surface area contributed by atoms with Gasteiger partial charge in [-0.2, -0.15) is 0 Å². The van der Waals surface area contributed by atoms with Crippen molar-refractivity contribution >= 4 is 5.91 Å². The molecule has 1 amide bonds. The van der Waals surface area contributed by atoms with E-state index in [9.17, 15) is 20.0 Å². The van der Waals surface area contributed by atoms with Gasteiger partial charge in [0, 0.05) is 18.1 Å². The number of hydrogen-bond acceptors (Lipinski definition) is 5. The quantitative estimate of drug-likeness (QED) is 0.224. The highest BCUT2D eigenvalue weighted by atomic mass is 16.6.